The van der Waals surface area contributed by atoms with Crippen molar-refractivity contribution in [3.63, 3.8) is 0 Å². The number of ether oxygens (including phenoxy) is 1. The van der Waals surface area contributed by atoms with E-state index in [4.69, 9.17) is 0 Å². The minimum absolute atomic E-state index is 0.134. The topological polar surface area (TPSA) is 58.6 Å². The van der Waals surface area contributed by atoms with Crippen LogP contribution in [0, 0.1) is 11.6 Å². The molecule has 6 heteroatoms. The number of aliphatic hydroxyl groups excluding tert-OH is 1. The molecule has 0 spiro atoms. The fourth-order valence-corrected chi connectivity index (χ4v) is 1.94. The third-order valence-corrected chi connectivity index (χ3v) is 3.02. The molecule has 0 saturated carbocycles. The average Bonchev–Trinajstić information content (AvgIpc) is 2.45. The Hall–Kier alpha value is -1.53. The molecule has 4 nitrogen and oxygen atoms in total. The van der Waals surface area contributed by atoms with Crippen molar-refractivity contribution in [2.75, 3.05) is 13.7 Å². The first-order valence-corrected chi connectivity index (χ1v) is 6.42. The molecule has 0 radical (unpaired) electrons. The van der Waals surface area contributed by atoms with Gasteiger partial charge >= 0.3 is 5.97 Å². The Morgan fingerprint density at radius 3 is 2.65 bits per heavy atom. The van der Waals surface area contributed by atoms with E-state index in [9.17, 15) is 18.7 Å². The van der Waals surface area contributed by atoms with Crippen LogP contribution in [0.3, 0.4) is 0 Å². The molecule has 0 aliphatic rings. The number of aliphatic hydroxyl groups is 1. The van der Waals surface area contributed by atoms with Gasteiger partial charge in [0.2, 0.25) is 0 Å². The minimum Gasteiger partial charge on any atom is -0.469 e. The molecule has 2 unspecified atom stereocenters. The number of methoxy groups -OCH3 is 1. The van der Waals surface area contributed by atoms with Crippen molar-refractivity contribution < 1.29 is 23.4 Å². The highest BCUT2D eigenvalue weighted by Crippen LogP contribution is 2.22. The van der Waals surface area contributed by atoms with Gasteiger partial charge in [0.1, 0.15) is 0 Å². The number of rotatable bonds is 7. The summed E-state index contributed by atoms with van der Waals surface area (Å²) in [6.07, 6.45) is -0.565. The highest BCUT2D eigenvalue weighted by atomic mass is 19.2. The van der Waals surface area contributed by atoms with Gasteiger partial charge in [-0.15, -0.1) is 0 Å². The van der Waals surface area contributed by atoms with Crippen LogP contribution in [0.25, 0.3) is 0 Å². The van der Waals surface area contributed by atoms with Crippen LogP contribution in [0.15, 0.2) is 18.2 Å². The number of hydrogen-bond acceptors (Lipinski definition) is 4. The van der Waals surface area contributed by atoms with Crippen LogP contribution in [-0.2, 0) is 9.53 Å². The molecular weight excluding hydrogens is 268 g/mol. The molecule has 1 aromatic rings. The molecule has 0 heterocycles. The largest absolute Gasteiger partial charge is 0.469 e. The van der Waals surface area contributed by atoms with Gasteiger partial charge in [-0.05, 0) is 30.7 Å². The van der Waals surface area contributed by atoms with Crippen LogP contribution in [-0.4, -0.2) is 30.8 Å². The maximum atomic E-state index is 13.2. The van der Waals surface area contributed by atoms with E-state index in [1.54, 1.807) is 0 Å². The third kappa shape index (κ3) is 4.54. The predicted molar refractivity (Wildman–Crippen MR) is 70.0 cm³/mol. The van der Waals surface area contributed by atoms with Gasteiger partial charge in [0.05, 0.1) is 13.2 Å². The van der Waals surface area contributed by atoms with E-state index in [0.717, 1.165) is 12.1 Å². The quantitative estimate of drug-likeness (QED) is 0.752. The molecule has 1 aromatic carbocycles. The Labute approximate surface area is 116 Å². The van der Waals surface area contributed by atoms with E-state index in [2.05, 4.69) is 10.1 Å². The molecule has 1 rings (SSSR count). The van der Waals surface area contributed by atoms with Crippen molar-refractivity contribution in [3.8, 4) is 0 Å². The molecule has 2 atom stereocenters. The number of esters is 1. The van der Waals surface area contributed by atoms with Gasteiger partial charge in [0.15, 0.2) is 11.6 Å². The average molecular weight is 287 g/mol. The molecule has 0 aliphatic heterocycles. The van der Waals surface area contributed by atoms with Gasteiger partial charge in [-0.2, -0.15) is 0 Å². The summed E-state index contributed by atoms with van der Waals surface area (Å²) in [7, 11) is 1.29. The van der Waals surface area contributed by atoms with Crippen LogP contribution in [0.4, 0.5) is 8.78 Å². The highest BCUT2D eigenvalue weighted by molar-refractivity contribution is 5.69. The summed E-state index contributed by atoms with van der Waals surface area (Å²) in [6.45, 7) is 2.43. The summed E-state index contributed by atoms with van der Waals surface area (Å²) in [5.74, 6) is -2.36. The lowest BCUT2D eigenvalue weighted by Crippen LogP contribution is -2.35. The maximum absolute atomic E-state index is 13.2. The predicted octanol–water partition coefficient (Wildman–Crippen LogP) is 1.93. The monoisotopic (exact) mass is 287 g/mol. The fraction of sp³-hybridized carbons (Fsp3) is 0.500. The number of benzene rings is 1. The van der Waals surface area contributed by atoms with Crippen LogP contribution in [0.1, 0.15) is 31.4 Å². The van der Waals surface area contributed by atoms with Gasteiger partial charge in [-0.3, -0.25) is 4.79 Å². The lowest BCUT2D eigenvalue weighted by Gasteiger charge is -2.23. The summed E-state index contributed by atoms with van der Waals surface area (Å²) in [6, 6.07) is 2.81. The fourth-order valence-electron chi connectivity index (χ4n) is 1.94. The highest BCUT2D eigenvalue weighted by Gasteiger charge is 2.22. The molecule has 0 fully saturated rings. The van der Waals surface area contributed by atoms with Crippen molar-refractivity contribution in [1.29, 1.82) is 0 Å². The van der Waals surface area contributed by atoms with Crippen molar-refractivity contribution >= 4 is 5.97 Å². The first-order valence-electron chi connectivity index (χ1n) is 6.42. The number of halogens is 2. The van der Waals surface area contributed by atoms with Crippen LogP contribution >= 0.6 is 0 Å². The Bertz CT molecular complexity index is 454. The summed E-state index contributed by atoms with van der Waals surface area (Å²) in [5.41, 5.74) is 0.264. The number of carbonyl (C=O) groups is 1. The first kappa shape index (κ1) is 16.5. The third-order valence-electron chi connectivity index (χ3n) is 3.02. The van der Waals surface area contributed by atoms with Crippen LogP contribution < -0.4 is 5.32 Å². The maximum Gasteiger partial charge on any atom is 0.305 e. The number of likely N-dealkylation sites (N-methyl/N-ethyl adjacent to an activating group) is 1. The Morgan fingerprint density at radius 1 is 1.40 bits per heavy atom. The first-order chi connectivity index (χ1) is 9.49. The second-order valence-electron chi connectivity index (χ2n) is 4.40. The molecule has 0 amide bonds. The van der Waals surface area contributed by atoms with Gasteiger partial charge < -0.3 is 15.2 Å². The van der Waals surface area contributed by atoms with Crippen molar-refractivity contribution in [3.05, 3.63) is 35.4 Å². The number of nitrogens with one attached hydrogen (secondary N) is 1. The second kappa shape index (κ2) is 7.91. The van der Waals surface area contributed by atoms with Gasteiger partial charge in [0, 0.05) is 12.5 Å². The van der Waals surface area contributed by atoms with Crippen molar-refractivity contribution in [2.24, 2.45) is 0 Å². The minimum atomic E-state index is -1.03. The Balaban J connectivity index is 2.78. The second-order valence-corrected chi connectivity index (χ2v) is 4.40. The van der Waals surface area contributed by atoms with Gasteiger partial charge in [-0.1, -0.05) is 13.0 Å². The van der Waals surface area contributed by atoms with E-state index in [-0.39, 0.29) is 18.0 Å². The zero-order valence-electron chi connectivity index (χ0n) is 11.5. The Morgan fingerprint density at radius 2 is 2.10 bits per heavy atom. The number of hydrogen-bond donors (Lipinski definition) is 2. The molecule has 0 bridgehead atoms. The molecule has 0 saturated heterocycles. The van der Waals surface area contributed by atoms with E-state index in [0.29, 0.717) is 13.0 Å². The van der Waals surface area contributed by atoms with E-state index >= 15 is 0 Å². The SMILES string of the molecule is CCNC(CCC(=O)OC)C(O)c1ccc(F)c(F)c1. The Kier molecular flexibility index (Phi) is 6.54. The normalized spacial score (nSPS) is 13.8. The zero-order chi connectivity index (χ0) is 15.1. The summed E-state index contributed by atoms with van der Waals surface area (Å²) >= 11 is 0. The molecule has 0 aromatic heterocycles. The van der Waals surface area contributed by atoms with Gasteiger partial charge in [0.25, 0.3) is 0 Å². The van der Waals surface area contributed by atoms with Gasteiger partial charge in [-0.25, -0.2) is 8.78 Å². The van der Waals surface area contributed by atoms with E-state index < -0.39 is 23.8 Å². The smallest absolute Gasteiger partial charge is 0.305 e. The van der Waals surface area contributed by atoms with E-state index in [1.165, 1.54) is 13.2 Å². The lowest BCUT2D eigenvalue weighted by molar-refractivity contribution is -0.141. The summed E-state index contributed by atoms with van der Waals surface area (Å²) < 4.78 is 30.6. The molecule has 0 aliphatic carbocycles. The van der Waals surface area contributed by atoms with Crippen molar-refractivity contribution in [2.45, 2.75) is 31.9 Å². The molecule has 20 heavy (non-hydrogen) atoms. The summed E-state index contributed by atoms with van der Waals surface area (Å²) in [4.78, 5) is 11.1. The lowest BCUT2D eigenvalue weighted by atomic mass is 9.98. The zero-order valence-corrected chi connectivity index (χ0v) is 11.5. The number of carbonyl (C=O) groups excluding carboxylic acids is 1. The standard InChI is InChI=1S/C14H19F2NO3/c1-3-17-12(6-7-13(18)20-2)14(19)9-4-5-10(15)11(16)8-9/h4-5,8,12,14,17,19H,3,6-7H2,1-2H3. The molecule has 112 valence electrons. The molecule has 2 N–H and O–H groups in total. The molecular formula is C14H19F2NO3. The summed E-state index contributed by atoms with van der Waals surface area (Å²) in [5, 5.41) is 13.2. The van der Waals surface area contributed by atoms with E-state index in [1.807, 2.05) is 6.92 Å². The van der Waals surface area contributed by atoms with Crippen molar-refractivity contribution in [1.82, 2.24) is 5.32 Å². The van der Waals surface area contributed by atoms with Crippen LogP contribution in [0.2, 0.25) is 0 Å². The van der Waals surface area contributed by atoms with Crippen LogP contribution in [0.5, 0.6) is 0 Å².